The Labute approximate surface area is 83.6 Å². The quantitative estimate of drug-likeness (QED) is 0.785. The summed E-state index contributed by atoms with van der Waals surface area (Å²) in [6.07, 6.45) is 0. The number of carbonyl (C=O) groups is 1. The Kier molecular flexibility index (Phi) is 2.00. The van der Waals surface area contributed by atoms with Crippen LogP contribution >= 0.6 is 11.3 Å². The molecule has 0 atom stereocenters. The van der Waals surface area contributed by atoms with Gasteiger partial charge in [0.05, 0.1) is 0 Å². The maximum absolute atomic E-state index is 13.1. The van der Waals surface area contributed by atoms with Gasteiger partial charge in [0, 0.05) is 4.70 Å². The van der Waals surface area contributed by atoms with Crippen LogP contribution < -0.4 is 0 Å². The zero-order valence-corrected chi connectivity index (χ0v) is 8.19. The molecule has 4 heteroatoms. The monoisotopic (exact) mass is 210 g/mol. The molecule has 1 N–H and O–H groups in total. The molecule has 2 nitrogen and oxygen atoms in total. The molecule has 0 amide bonds. The first kappa shape index (κ1) is 9.15. The van der Waals surface area contributed by atoms with Crippen LogP contribution in [0.15, 0.2) is 18.2 Å². The molecule has 0 aliphatic rings. The highest BCUT2D eigenvalue weighted by atomic mass is 32.1. The van der Waals surface area contributed by atoms with Gasteiger partial charge in [-0.2, -0.15) is 0 Å². The molecule has 1 aromatic heterocycles. The summed E-state index contributed by atoms with van der Waals surface area (Å²) in [5.74, 6) is -1.27. The molecular weight excluding hydrogens is 203 g/mol. The molecule has 0 aliphatic heterocycles. The molecule has 1 heterocycles. The van der Waals surface area contributed by atoms with Crippen LogP contribution in [-0.4, -0.2) is 11.1 Å². The van der Waals surface area contributed by atoms with E-state index in [2.05, 4.69) is 0 Å². The van der Waals surface area contributed by atoms with Crippen LogP contribution in [0.3, 0.4) is 0 Å². The van der Waals surface area contributed by atoms with E-state index in [9.17, 15) is 9.18 Å². The lowest BCUT2D eigenvalue weighted by Crippen LogP contribution is -1.89. The normalized spacial score (nSPS) is 10.7. The molecule has 2 aromatic rings. The van der Waals surface area contributed by atoms with E-state index in [4.69, 9.17) is 5.11 Å². The van der Waals surface area contributed by atoms with Crippen molar-refractivity contribution in [2.45, 2.75) is 6.92 Å². The van der Waals surface area contributed by atoms with Crippen molar-refractivity contribution >= 4 is 27.4 Å². The third kappa shape index (κ3) is 1.37. The number of carboxylic acid groups (broad SMARTS) is 1. The van der Waals surface area contributed by atoms with Gasteiger partial charge < -0.3 is 5.11 Å². The average molecular weight is 210 g/mol. The zero-order valence-electron chi connectivity index (χ0n) is 7.37. The average Bonchev–Trinajstić information content (AvgIpc) is 2.48. The number of fused-ring (bicyclic) bond motifs is 1. The van der Waals surface area contributed by atoms with Crippen LogP contribution in [-0.2, 0) is 0 Å². The first-order valence-corrected chi connectivity index (χ1v) is 4.82. The molecule has 0 aliphatic carbocycles. The standard InChI is InChI=1S/C10H7FO2S/c1-5-2-8-6(3-7(5)11)4-9(14-8)10(12)13/h2-4H,1H3,(H,12,13). The molecule has 1 aromatic carbocycles. The van der Waals surface area contributed by atoms with Gasteiger partial charge in [0.15, 0.2) is 0 Å². The topological polar surface area (TPSA) is 37.3 Å². The first-order chi connectivity index (χ1) is 6.58. The van der Waals surface area contributed by atoms with Crippen LogP contribution in [0.25, 0.3) is 10.1 Å². The minimum atomic E-state index is -0.968. The molecular formula is C10H7FO2S. The van der Waals surface area contributed by atoms with Crippen molar-refractivity contribution in [1.29, 1.82) is 0 Å². The van der Waals surface area contributed by atoms with Crippen molar-refractivity contribution in [2.24, 2.45) is 0 Å². The van der Waals surface area contributed by atoms with Gasteiger partial charge in [-0.25, -0.2) is 9.18 Å². The van der Waals surface area contributed by atoms with Crippen molar-refractivity contribution in [3.8, 4) is 0 Å². The molecule has 0 saturated heterocycles. The van der Waals surface area contributed by atoms with Crippen LogP contribution in [0.1, 0.15) is 15.2 Å². The number of carboxylic acids is 1. The van der Waals surface area contributed by atoms with Crippen LogP contribution in [0.2, 0.25) is 0 Å². The summed E-state index contributed by atoms with van der Waals surface area (Å²) in [5.41, 5.74) is 0.538. The van der Waals surface area contributed by atoms with E-state index < -0.39 is 5.97 Å². The largest absolute Gasteiger partial charge is 0.477 e. The Balaban J connectivity index is 2.72. The number of rotatable bonds is 1. The molecule has 72 valence electrons. The van der Waals surface area contributed by atoms with Crippen molar-refractivity contribution in [1.82, 2.24) is 0 Å². The maximum Gasteiger partial charge on any atom is 0.345 e. The smallest absolute Gasteiger partial charge is 0.345 e. The minimum Gasteiger partial charge on any atom is -0.477 e. The van der Waals surface area contributed by atoms with Gasteiger partial charge in [0.2, 0.25) is 0 Å². The highest BCUT2D eigenvalue weighted by Gasteiger charge is 2.09. The number of hydrogen-bond acceptors (Lipinski definition) is 2. The van der Waals surface area contributed by atoms with E-state index >= 15 is 0 Å². The fourth-order valence-electron chi connectivity index (χ4n) is 1.27. The van der Waals surface area contributed by atoms with Crippen molar-refractivity contribution in [2.75, 3.05) is 0 Å². The summed E-state index contributed by atoms with van der Waals surface area (Å²) < 4.78 is 13.9. The first-order valence-electron chi connectivity index (χ1n) is 4.01. The van der Waals surface area contributed by atoms with Gasteiger partial charge in [-0.1, -0.05) is 0 Å². The molecule has 14 heavy (non-hydrogen) atoms. The highest BCUT2D eigenvalue weighted by molar-refractivity contribution is 7.20. The summed E-state index contributed by atoms with van der Waals surface area (Å²) in [4.78, 5) is 10.9. The number of aromatic carboxylic acids is 1. The zero-order chi connectivity index (χ0) is 10.3. The third-order valence-corrected chi connectivity index (χ3v) is 3.09. The summed E-state index contributed by atoms with van der Waals surface area (Å²) in [6.45, 7) is 1.66. The van der Waals surface area contributed by atoms with E-state index in [1.54, 1.807) is 13.0 Å². The summed E-state index contributed by atoms with van der Waals surface area (Å²) in [7, 11) is 0. The van der Waals surface area contributed by atoms with Gasteiger partial charge in [0.1, 0.15) is 10.7 Å². The van der Waals surface area contributed by atoms with Crippen molar-refractivity contribution in [3.63, 3.8) is 0 Å². The van der Waals surface area contributed by atoms with E-state index in [1.165, 1.54) is 12.1 Å². The molecule has 0 bridgehead atoms. The van der Waals surface area contributed by atoms with Gasteiger partial charge in [0.25, 0.3) is 0 Å². The molecule has 0 radical (unpaired) electrons. The molecule has 0 saturated carbocycles. The number of benzene rings is 1. The number of halogens is 1. The predicted octanol–water partition coefficient (Wildman–Crippen LogP) is 3.05. The molecule has 0 unspecified atom stereocenters. The number of hydrogen-bond donors (Lipinski definition) is 1. The highest BCUT2D eigenvalue weighted by Crippen LogP contribution is 2.27. The SMILES string of the molecule is Cc1cc2sc(C(=O)O)cc2cc1F. The predicted molar refractivity (Wildman–Crippen MR) is 53.5 cm³/mol. The van der Waals surface area contributed by atoms with E-state index in [-0.39, 0.29) is 10.7 Å². The fraction of sp³-hybridized carbons (Fsp3) is 0.100. The third-order valence-electron chi connectivity index (χ3n) is 2.01. The Hall–Kier alpha value is -1.42. The lowest BCUT2D eigenvalue weighted by Gasteiger charge is -1.94. The Morgan fingerprint density at radius 1 is 1.43 bits per heavy atom. The lowest BCUT2D eigenvalue weighted by atomic mass is 10.2. The van der Waals surface area contributed by atoms with Crippen LogP contribution in [0.5, 0.6) is 0 Å². The Bertz CT molecular complexity index is 477. The molecule has 0 fully saturated rings. The second-order valence-corrected chi connectivity index (χ2v) is 4.14. The van der Waals surface area contributed by atoms with E-state index in [0.717, 1.165) is 16.0 Å². The van der Waals surface area contributed by atoms with Gasteiger partial charge in [-0.15, -0.1) is 11.3 Å². The molecule has 2 rings (SSSR count). The van der Waals surface area contributed by atoms with E-state index in [1.807, 2.05) is 0 Å². The summed E-state index contributed by atoms with van der Waals surface area (Å²) in [5, 5.41) is 9.39. The van der Waals surface area contributed by atoms with Gasteiger partial charge in [-0.05, 0) is 36.1 Å². The van der Waals surface area contributed by atoms with Crippen LogP contribution in [0, 0.1) is 12.7 Å². The maximum atomic E-state index is 13.1. The second-order valence-electron chi connectivity index (χ2n) is 3.06. The fourth-order valence-corrected chi connectivity index (χ4v) is 2.25. The van der Waals surface area contributed by atoms with Crippen molar-refractivity contribution < 1.29 is 14.3 Å². The Morgan fingerprint density at radius 3 is 2.79 bits per heavy atom. The van der Waals surface area contributed by atoms with Gasteiger partial charge >= 0.3 is 5.97 Å². The van der Waals surface area contributed by atoms with E-state index in [0.29, 0.717) is 10.9 Å². The lowest BCUT2D eigenvalue weighted by molar-refractivity contribution is 0.0702. The van der Waals surface area contributed by atoms with Crippen LogP contribution in [0.4, 0.5) is 4.39 Å². The van der Waals surface area contributed by atoms with Crippen molar-refractivity contribution in [3.05, 3.63) is 34.5 Å². The minimum absolute atomic E-state index is 0.241. The number of aryl methyl sites for hydroxylation is 1. The number of thiophene rings is 1. The Morgan fingerprint density at radius 2 is 2.14 bits per heavy atom. The second kappa shape index (κ2) is 3.06. The summed E-state index contributed by atoms with van der Waals surface area (Å²) in [6, 6.07) is 4.53. The molecule has 0 spiro atoms. The van der Waals surface area contributed by atoms with Gasteiger partial charge in [-0.3, -0.25) is 0 Å². The summed E-state index contributed by atoms with van der Waals surface area (Å²) >= 11 is 1.16.